The molecule has 0 fully saturated rings. The van der Waals surface area contributed by atoms with Crippen LogP contribution in [0.15, 0.2) is 42.5 Å². The molecule has 0 atom stereocenters. The van der Waals surface area contributed by atoms with Crippen LogP contribution in [0.3, 0.4) is 0 Å². The fourth-order valence-corrected chi connectivity index (χ4v) is 2.33. The predicted molar refractivity (Wildman–Crippen MR) is 76.0 cm³/mol. The number of benzene rings is 2. The number of para-hydroxylation sites is 2. The molecule has 0 aliphatic carbocycles. The van der Waals surface area contributed by atoms with Gasteiger partial charge in [-0.05, 0) is 35.7 Å². The van der Waals surface area contributed by atoms with Crippen molar-refractivity contribution < 1.29 is 9.47 Å². The van der Waals surface area contributed by atoms with E-state index in [-0.39, 0.29) is 0 Å². The van der Waals surface area contributed by atoms with Crippen LogP contribution in [-0.4, -0.2) is 13.7 Å². The molecule has 2 aromatic carbocycles. The maximum Gasteiger partial charge on any atom is 0.161 e. The molecule has 0 amide bonds. The van der Waals surface area contributed by atoms with Gasteiger partial charge in [0.25, 0.3) is 0 Å². The van der Waals surface area contributed by atoms with Crippen LogP contribution in [0.4, 0.5) is 5.69 Å². The van der Waals surface area contributed by atoms with Gasteiger partial charge >= 0.3 is 0 Å². The Morgan fingerprint density at radius 3 is 2.79 bits per heavy atom. The summed E-state index contributed by atoms with van der Waals surface area (Å²) in [6.45, 7) is 1.58. The summed E-state index contributed by atoms with van der Waals surface area (Å²) in [7, 11) is 1.65. The molecular formula is C16H17NO2. The highest BCUT2D eigenvalue weighted by Gasteiger charge is 2.10. The van der Waals surface area contributed by atoms with E-state index in [0.717, 1.165) is 24.5 Å². The van der Waals surface area contributed by atoms with E-state index in [1.807, 2.05) is 24.3 Å². The van der Waals surface area contributed by atoms with Gasteiger partial charge in [0.1, 0.15) is 6.61 Å². The number of methoxy groups -OCH3 is 1. The lowest BCUT2D eigenvalue weighted by Crippen LogP contribution is -1.98. The minimum atomic E-state index is 0.551. The van der Waals surface area contributed by atoms with Crippen LogP contribution in [0.1, 0.15) is 11.1 Å². The lowest BCUT2D eigenvalue weighted by atomic mass is 10.1. The maximum atomic E-state index is 5.82. The van der Waals surface area contributed by atoms with E-state index in [4.69, 9.17) is 9.47 Å². The molecule has 3 nitrogen and oxygen atoms in total. The summed E-state index contributed by atoms with van der Waals surface area (Å²) in [6.07, 6.45) is 1.11. The number of hydrogen-bond acceptors (Lipinski definition) is 3. The van der Waals surface area contributed by atoms with Crippen LogP contribution >= 0.6 is 0 Å². The SMILES string of the molecule is COc1ccccc1OCc1ccc2c(c1)NCC2. The highest BCUT2D eigenvalue weighted by molar-refractivity contribution is 5.57. The molecule has 3 rings (SSSR count). The normalized spacial score (nSPS) is 12.7. The van der Waals surface area contributed by atoms with Crippen molar-refractivity contribution in [3.05, 3.63) is 53.6 Å². The molecule has 0 aromatic heterocycles. The van der Waals surface area contributed by atoms with Gasteiger partial charge in [-0.3, -0.25) is 0 Å². The second kappa shape index (κ2) is 5.22. The average Bonchev–Trinajstić information content (AvgIpc) is 2.93. The lowest BCUT2D eigenvalue weighted by molar-refractivity contribution is 0.284. The Bertz CT molecular complexity index is 581. The van der Waals surface area contributed by atoms with Crippen molar-refractivity contribution in [3.63, 3.8) is 0 Å². The first-order valence-corrected chi connectivity index (χ1v) is 6.48. The fraction of sp³-hybridized carbons (Fsp3) is 0.250. The molecule has 2 aromatic rings. The maximum absolute atomic E-state index is 5.82. The van der Waals surface area contributed by atoms with E-state index in [2.05, 4.69) is 23.5 Å². The number of fused-ring (bicyclic) bond motifs is 1. The summed E-state index contributed by atoms with van der Waals surface area (Å²) in [5.41, 5.74) is 3.79. The monoisotopic (exact) mass is 255 g/mol. The minimum Gasteiger partial charge on any atom is -0.493 e. The summed E-state index contributed by atoms with van der Waals surface area (Å²) in [4.78, 5) is 0. The second-order valence-electron chi connectivity index (χ2n) is 4.61. The summed E-state index contributed by atoms with van der Waals surface area (Å²) in [5.74, 6) is 1.54. The Labute approximate surface area is 113 Å². The Kier molecular flexibility index (Phi) is 3.27. The van der Waals surface area contributed by atoms with Crippen molar-refractivity contribution >= 4 is 5.69 Å². The standard InChI is InChI=1S/C16H17NO2/c1-18-15-4-2-3-5-16(15)19-11-12-6-7-13-8-9-17-14(13)10-12/h2-7,10,17H,8-9,11H2,1H3. The van der Waals surface area contributed by atoms with Crippen LogP contribution < -0.4 is 14.8 Å². The molecule has 0 saturated heterocycles. The number of anilines is 1. The van der Waals surface area contributed by atoms with Gasteiger partial charge in [0.15, 0.2) is 11.5 Å². The molecule has 1 aliphatic heterocycles. The topological polar surface area (TPSA) is 30.5 Å². The van der Waals surface area contributed by atoms with Crippen LogP contribution in [0, 0.1) is 0 Å². The third-order valence-electron chi connectivity index (χ3n) is 3.35. The van der Waals surface area contributed by atoms with E-state index >= 15 is 0 Å². The van der Waals surface area contributed by atoms with Crippen molar-refractivity contribution in [1.29, 1.82) is 0 Å². The smallest absolute Gasteiger partial charge is 0.161 e. The Hall–Kier alpha value is -2.16. The van der Waals surface area contributed by atoms with Gasteiger partial charge in [0.2, 0.25) is 0 Å². The highest BCUT2D eigenvalue weighted by Crippen LogP contribution is 2.28. The van der Waals surface area contributed by atoms with Gasteiger partial charge in [0, 0.05) is 12.2 Å². The molecule has 0 spiro atoms. The van der Waals surface area contributed by atoms with Crippen LogP contribution in [0.2, 0.25) is 0 Å². The Morgan fingerprint density at radius 1 is 1.11 bits per heavy atom. The molecule has 1 N–H and O–H groups in total. The Morgan fingerprint density at radius 2 is 1.95 bits per heavy atom. The summed E-state index contributed by atoms with van der Waals surface area (Å²) >= 11 is 0. The third kappa shape index (κ3) is 2.50. The zero-order chi connectivity index (χ0) is 13.1. The van der Waals surface area contributed by atoms with E-state index in [0.29, 0.717) is 6.61 Å². The van der Waals surface area contributed by atoms with E-state index in [1.165, 1.54) is 16.8 Å². The molecule has 3 heteroatoms. The van der Waals surface area contributed by atoms with Gasteiger partial charge in [-0.25, -0.2) is 0 Å². The molecule has 1 heterocycles. The lowest BCUT2D eigenvalue weighted by Gasteiger charge is -2.11. The van der Waals surface area contributed by atoms with Crippen LogP contribution in [0.25, 0.3) is 0 Å². The van der Waals surface area contributed by atoms with Crippen LogP contribution in [0.5, 0.6) is 11.5 Å². The van der Waals surface area contributed by atoms with Gasteiger partial charge in [-0.15, -0.1) is 0 Å². The summed E-state index contributed by atoms with van der Waals surface area (Å²) in [5, 5.41) is 3.38. The van der Waals surface area contributed by atoms with Gasteiger partial charge in [-0.2, -0.15) is 0 Å². The molecule has 0 saturated carbocycles. The molecule has 0 bridgehead atoms. The minimum absolute atomic E-state index is 0.551. The number of rotatable bonds is 4. The van der Waals surface area contributed by atoms with Gasteiger partial charge in [0.05, 0.1) is 7.11 Å². The van der Waals surface area contributed by atoms with Crippen molar-refractivity contribution in [2.24, 2.45) is 0 Å². The fourth-order valence-electron chi connectivity index (χ4n) is 2.33. The van der Waals surface area contributed by atoms with Crippen molar-refractivity contribution in [1.82, 2.24) is 0 Å². The average molecular weight is 255 g/mol. The zero-order valence-corrected chi connectivity index (χ0v) is 11.0. The van der Waals surface area contributed by atoms with Gasteiger partial charge in [-0.1, -0.05) is 24.3 Å². The zero-order valence-electron chi connectivity index (χ0n) is 11.0. The first-order valence-electron chi connectivity index (χ1n) is 6.48. The molecule has 0 unspecified atom stereocenters. The number of nitrogens with one attached hydrogen (secondary N) is 1. The van der Waals surface area contributed by atoms with Crippen LogP contribution in [-0.2, 0) is 13.0 Å². The Balaban J connectivity index is 1.72. The van der Waals surface area contributed by atoms with E-state index in [9.17, 15) is 0 Å². The summed E-state index contributed by atoms with van der Waals surface area (Å²) < 4.78 is 11.1. The third-order valence-corrected chi connectivity index (χ3v) is 3.35. The quantitative estimate of drug-likeness (QED) is 0.909. The molecule has 1 aliphatic rings. The summed E-state index contributed by atoms with van der Waals surface area (Å²) in [6, 6.07) is 14.2. The molecule has 98 valence electrons. The van der Waals surface area contributed by atoms with Crippen molar-refractivity contribution in [2.75, 3.05) is 19.0 Å². The molecule has 0 radical (unpaired) electrons. The second-order valence-corrected chi connectivity index (χ2v) is 4.61. The van der Waals surface area contributed by atoms with E-state index in [1.54, 1.807) is 7.11 Å². The highest BCUT2D eigenvalue weighted by atomic mass is 16.5. The van der Waals surface area contributed by atoms with Crippen molar-refractivity contribution in [2.45, 2.75) is 13.0 Å². The first-order chi connectivity index (χ1) is 9.36. The predicted octanol–water partition coefficient (Wildman–Crippen LogP) is 3.24. The first kappa shape index (κ1) is 11.9. The molecular weight excluding hydrogens is 238 g/mol. The van der Waals surface area contributed by atoms with Crippen molar-refractivity contribution in [3.8, 4) is 11.5 Å². The number of hydrogen-bond donors (Lipinski definition) is 1. The number of ether oxygens (including phenoxy) is 2. The van der Waals surface area contributed by atoms with Gasteiger partial charge < -0.3 is 14.8 Å². The molecule has 19 heavy (non-hydrogen) atoms. The van der Waals surface area contributed by atoms with E-state index < -0.39 is 0 Å². The largest absolute Gasteiger partial charge is 0.493 e.